The van der Waals surface area contributed by atoms with Gasteiger partial charge in [-0.3, -0.25) is 4.79 Å². The molecule has 1 aromatic carbocycles. The summed E-state index contributed by atoms with van der Waals surface area (Å²) in [6, 6.07) is 7.62. The molecule has 0 atom stereocenters. The molecule has 2 rings (SSSR count). The highest BCUT2D eigenvalue weighted by molar-refractivity contribution is 8.25. The average Bonchev–Trinajstić information content (AvgIpc) is 2.70. The molecule has 0 spiro atoms. The van der Waals surface area contributed by atoms with Crippen LogP contribution in [0, 0.1) is 0 Å². The van der Waals surface area contributed by atoms with E-state index in [9.17, 15) is 4.79 Å². The molecule has 0 radical (unpaired) electrons. The molecule has 0 amide bonds. The highest BCUT2D eigenvalue weighted by atomic mass is 32.2. The highest BCUT2D eigenvalue weighted by Crippen LogP contribution is 2.42. The Morgan fingerprint density at radius 1 is 1.40 bits per heavy atom. The highest BCUT2D eigenvalue weighted by Gasteiger charge is 2.13. The molecule has 15 heavy (non-hydrogen) atoms. The van der Waals surface area contributed by atoms with Crippen LogP contribution in [0.3, 0.4) is 0 Å². The van der Waals surface area contributed by atoms with Gasteiger partial charge in [0.2, 0.25) is 0 Å². The van der Waals surface area contributed by atoms with E-state index in [4.69, 9.17) is 4.74 Å². The van der Waals surface area contributed by atoms with Crippen LogP contribution in [-0.4, -0.2) is 11.1 Å². The number of ether oxygens (including phenoxy) is 1. The van der Waals surface area contributed by atoms with Gasteiger partial charge in [-0.1, -0.05) is 18.2 Å². The zero-order chi connectivity index (χ0) is 10.7. The van der Waals surface area contributed by atoms with Crippen LogP contribution in [-0.2, 0) is 4.79 Å². The zero-order valence-corrected chi connectivity index (χ0v) is 9.86. The van der Waals surface area contributed by atoms with E-state index >= 15 is 0 Å². The zero-order valence-electron chi connectivity index (χ0n) is 8.23. The van der Waals surface area contributed by atoms with Gasteiger partial charge in [-0.15, -0.1) is 23.5 Å². The quantitative estimate of drug-likeness (QED) is 0.583. The van der Waals surface area contributed by atoms with Gasteiger partial charge in [-0.2, -0.15) is 0 Å². The minimum absolute atomic E-state index is 0.279. The molecule has 0 aromatic heterocycles. The lowest BCUT2D eigenvalue weighted by Gasteiger charge is -2.08. The molecule has 0 bridgehead atoms. The molecule has 0 fully saturated rings. The third-order valence-corrected chi connectivity index (χ3v) is 4.10. The predicted molar refractivity (Wildman–Crippen MR) is 65.8 cm³/mol. The summed E-state index contributed by atoms with van der Waals surface area (Å²) < 4.78 is 5.16. The van der Waals surface area contributed by atoms with E-state index in [0.29, 0.717) is 5.75 Å². The van der Waals surface area contributed by atoms with E-state index in [1.165, 1.54) is 11.8 Å². The Labute approximate surface area is 97.1 Å². The fourth-order valence-electron chi connectivity index (χ4n) is 1.30. The van der Waals surface area contributed by atoms with E-state index < -0.39 is 0 Å². The maximum Gasteiger partial charge on any atom is 0.308 e. The molecule has 1 aliphatic rings. The number of para-hydroxylation sites is 1. The molecule has 0 N–H and O–H groups in total. The number of hydrogen-bond donors (Lipinski definition) is 0. The van der Waals surface area contributed by atoms with Crippen LogP contribution in [0.5, 0.6) is 5.75 Å². The van der Waals surface area contributed by atoms with Crippen molar-refractivity contribution in [3.05, 3.63) is 35.2 Å². The molecule has 4 heteroatoms. The lowest BCUT2D eigenvalue weighted by Crippen LogP contribution is -2.03. The van der Waals surface area contributed by atoms with Gasteiger partial charge in [-0.25, -0.2) is 0 Å². The normalized spacial score (nSPS) is 14.9. The standard InChI is InChI=1S/C11H10O2S2/c1-8(12)13-10-5-3-2-4-9(10)11-6-14-7-15-11/h2-6H,7H2,1H3. The number of carbonyl (C=O) groups is 1. The largest absolute Gasteiger partial charge is 0.426 e. The first-order chi connectivity index (χ1) is 7.27. The van der Waals surface area contributed by atoms with Crippen molar-refractivity contribution in [2.75, 3.05) is 5.08 Å². The van der Waals surface area contributed by atoms with Crippen molar-refractivity contribution < 1.29 is 9.53 Å². The summed E-state index contributed by atoms with van der Waals surface area (Å²) >= 11 is 3.53. The maximum absolute atomic E-state index is 10.9. The minimum Gasteiger partial charge on any atom is -0.426 e. The second-order valence-electron chi connectivity index (χ2n) is 3.00. The van der Waals surface area contributed by atoms with Crippen LogP contribution in [0.4, 0.5) is 0 Å². The summed E-state index contributed by atoms with van der Waals surface area (Å²) in [7, 11) is 0. The molecule has 1 aliphatic heterocycles. The van der Waals surface area contributed by atoms with Gasteiger partial charge >= 0.3 is 5.97 Å². The van der Waals surface area contributed by atoms with Crippen LogP contribution < -0.4 is 4.74 Å². The van der Waals surface area contributed by atoms with Gasteiger partial charge in [0.25, 0.3) is 0 Å². The van der Waals surface area contributed by atoms with E-state index in [2.05, 4.69) is 5.41 Å². The van der Waals surface area contributed by atoms with E-state index in [-0.39, 0.29) is 5.97 Å². The van der Waals surface area contributed by atoms with Crippen molar-refractivity contribution in [3.63, 3.8) is 0 Å². The fraction of sp³-hybridized carbons (Fsp3) is 0.182. The molecule has 0 unspecified atom stereocenters. The summed E-state index contributed by atoms with van der Waals surface area (Å²) in [5.74, 6) is 0.366. The second kappa shape index (κ2) is 4.77. The Kier molecular flexibility index (Phi) is 3.38. The Morgan fingerprint density at radius 2 is 2.20 bits per heavy atom. The summed E-state index contributed by atoms with van der Waals surface area (Å²) in [5.41, 5.74) is 1.00. The first-order valence-corrected chi connectivity index (χ1v) is 6.53. The minimum atomic E-state index is -0.279. The molecule has 2 nitrogen and oxygen atoms in total. The third kappa shape index (κ3) is 2.58. The Morgan fingerprint density at radius 3 is 2.87 bits per heavy atom. The van der Waals surface area contributed by atoms with E-state index in [1.807, 2.05) is 24.3 Å². The molecule has 0 saturated heterocycles. The summed E-state index contributed by atoms with van der Waals surface area (Å²) in [6.07, 6.45) is 0. The van der Waals surface area contributed by atoms with Gasteiger partial charge in [0.1, 0.15) is 5.75 Å². The molecular weight excluding hydrogens is 228 g/mol. The van der Waals surface area contributed by atoms with Crippen molar-refractivity contribution in [3.8, 4) is 5.75 Å². The van der Waals surface area contributed by atoms with Gasteiger partial charge in [0.05, 0.1) is 0 Å². The molecule has 1 heterocycles. The van der Waals surface area contributed by atoms with Crippen LogP contribution in [0.25, 0.3) is 4.91 Å². The Balaban J connectivity index is 2.33. The maximum atomic E-state index is 10.9. The number of hydrogen-bond acceptors (Lipinski definition) is 4. The lowest BCUT2D eigenvalue weighted by atomic mass is 10.2. The number of benzene rings is 1. The first-order valence-electron chi connectivity index (χ1n) is 4.50. The number of rotatable bonds is 2. The summed E-state index contributed by atoms with van der Waals surface area (Å²) in [6.45, 7) is 1.42. The van der Waals surface area contributed by atoms with E-state index in [1.54, 1.807) is 23.5 Å². The smallest absolute Gasteiger partial charge is 0.308 e. The van der Waals surface area contributed by atoms with Gasteiger partial charge < -0.3 is 4.74 Å². The van der Waals surface area contributed by atoms with Crippen LogP contribution in [0.15, 0.2) is 29.7 Å². The first kappa shape index (κ1) is 10.6. The van der Waals surface area contributed by atoms with Crippen molar-refractivity contribution in [1.82, 2.24) is 0 Å². The van der Waals surface area contributed by atoms with Crippen molar-refractivity contribution >= 4 is 34.4 Å². The third-order valence-electron chi connectivity index (χ3n) is 1.88. The fourth-order valence-corrected chi connectivity index (χ4v) is 3.43. The van der Waals surface area contributed by atoms with Gasteiger partial charge in [0, 0.05) is 22.5 Å². The second-order valence-corrected chi connectivity index (χ2v) is 5.24. The lowest BCUT2D eigenvalue weighted by molar-refractivity contribution is -0.131. The number of carbonyl (C=O) groups excluding carboxylic acids is 1. The van der Waals surface area contributed by atoms with Gasteiger partial charge in [0.15, 0.2) is 0 Å². The average molecular weight is 238 g/mol. The summed E-state index contributed by atoms with van der Waals surface area (Å²) in [4.78, 5) is 12.1. The molecule has 1 aromatic rings. The van der Waals surface area contributed by atoms with Crippen molar-refractivity contribution in [1.29, 1.82) is 0 Å². The van der Waals surface area contributed by atoms with Crippen LogP contribution >= 0.6 is 23.5 Å². The number of esters is 1. The van der Waals surface area contributed by atoms with Crippen LogP contribution in [0.2, 0.25) is 0 Å². The topological polar surface area (TPSA) is 26.3 Å². The predicted octanol–water partition coefficient (Wildman–Crippen LogP) is 3.35. The number of thioether (sulfide) groups is 2. The molecular formula is C11H10O2S2. The molecule has 0 aliphatic carbocycles. The van der Waals surface area contributed by atoms with E-state index in [0.717, 1.165) is 10.6 Å². The SMILES string of the molecule is CC(=O)Oc1ccccc1C1=CSCS1. The Bertz CT molecular complexity index is 413. The van der Waals surface area contributed by atoms with Gasteiger partial charge in [-0.05, 0) is 11.5 Å². The Hall–Kier alpha value is -0.870. The molecule has 78 valence electrons. The summed E-state index contributed by atoms with van der Waals surface area (Å²) in [5, 5.41) is 3.14. The van der Waals surface area contributed by atoms with Crippen molar-refractivity contribution in [2.24, 2.45) is 0 Å². The van der Waals surface area contributed by atoms with Crippen LogP contribution in [0.1, 0.15) is 12.5 Å². The monoisotopic (exact) mass is 238 g/mol. The molecule has 0 saturated carbocycles. The van der Waals surface area contributed by atoms with Crippen molar-refractivity contribution in [2.45, 2.75) is 6.92 Å².